The third-order valence-electron chi connectivity index (χ3n) is 4.03. The number of hydrogen-bond donors (Lipinski definition) is 1. The fourth-order valence-corrected chi connectivity index (χ4v) is 3.06. The van der Waals surface area contributed by atoms with Gasteiger partial charge in [0.15, 0.2) is 10.9 Å². The van der Waals surface area contributed by atoms with Gasteiger partial charge in [-0.2, -0.15) is 5.10 Å². The van der Waals surface area contributed by atoms with Crippen molar-refractivity contribution in [3.05, 3.63) is 86.5 Å². The van der Waals surface area contributed by atoms with E-state index in [0.29, 0.717) is 11.4 Å². The number of tetrazole rings is 1. The van der Waals surface area contributed by atoms with Crippen LogP contribution in [0.4, 0.5) is 5.69 Å². The maximum absolute atomic E-state index is 11.4. The molecule has 1 N–H and O–H groups in total. The molecule has 0 atom stereocenters. The number of nitrogens with zero attached hydrogens (tertiary/aromatic N) is 4. The minimum atomic E-state index is -0.401. The van der Waals surface area contributed by atoms with E-state index in [4.69, 9.17) is 0 Å². The van der Waals surface area contributed by atoms with Gasteiger partial charge in [-0.25, -0.2) is 0 Å². The van der Waals surface area contributed by atoms with E-state index in [1.165, 1.54) is 10.9 Å². The molecule has 140 valence electrons. The van der Waals surface area contributed by atoms with E-state index in [1.54, 1.807) is 6.07 Å². The van der Waals surface area contributed by atoms with E-state index in [-0.39, 0.29) is 18.1 Å². The smallest absolute Gasteiger partial charge is 0.313 e. The van der Waals surface area contributed by atoms with Crippen molar-refractivity contribution in [3.8, 4) is 28.2 Å². The average Bonchev–Trinajstić information content (AvgIpc) is 3.19. The molecule has 7 nitrogen and oxygen atoms in total. The quantitative estimate of drug-likeness (QED) is 0.193. The Kier molecular flexibility index (Phi) is 6.00. The van der Waals surface area contributed by atoms with Gasteiger partial charge in [0.05, 0.1) is 15.6 Å². The lowest BCUT2D eigenvalue weighted by Gasteiger charge is -2.04. The number of nitro benzene ring substituents is 1. The van der Waals surface area contributed by atoms with Crippen LogP contribution in [0.2, 0.25) is 0 Å². The van der Waals surface area contributed by atoms with E-state index in [9.17, 15) is 10.1 Å². The molecule has 0 radical (unpaired) electrons. The summed E-state index contributed by atoms with van der Waals surface area (Å²) in [5, 5.41) is 22.7. The molecule has 28 heavy (non-hydrogen) atoms. The molecule has 3 aromatic carbocycles. The first-order chi connectivity index (χ1) is 13.1. The van der Waals surface area contributed by atoms with Crippen LogP contribution in [0, 0.1) is 13.7 Å². The Morgan fingerprint density at radius 1 is 0.929 bits per heavy atom. The Morgan fingerprint density at radius 2 is 1.61 bits per heavy atom. The van der Waals surface area contributed by atoms with Crippen molar-refractivity contribution in [2.45, 2.75) is 0 Å². The first-order valence-corrected chi connectivity index (χ1v) is 9.14. The van der Waals surface area contributed by atoms with Gasteiger partial charge in [0.2, 0.25) is 0 Å². The molecule has 0 aliphatic rings. The van der Waals surface area contributed by atoms with Crippen molar-refractivity contribution in [1.82, 2.24) is 15.4 Å². The largest absolute Gasteiger partial charge is 1.00 e. The molecule has 1 aromatic heterocycles. The maximum Gasteiger partial charge on any atom is 0.313 e. The lowest BCUT2D eigenvalue weighted by molar-refractivity contribution is -0.716. The van der Waals surface area contributed by atoms with Crippen LogP contribution >= 0.6 is 22.6 Å². The second-order valence-corrected chi connectivity index (χ2v) is 7.08. The van der Waals surface area contributed by atoms with E-state index in [2.05, 4.69) is 38.0 Å². The molecule has 0 aliphatic carbocycles. The van der Waals surface area contributed by atoms with Crippen molar-refractivity contribution in [3.63, 3.8) is 0 Å². The number of aromatic amines is 1. The Hall–Kier alpha value is -2.85. The predicted octanol–water partition coefficient (Wildman–Crippen LogP) is 0.932. The normalized spacial score (nSPS) is 10.3. The summed E-state index contributed by atoms with van der Waals surface area (Å²) in [6, 6.07) is 22.2. The SMILES string of the molecule is O=[N+]([O-])c1cc(-c2ccc(I)cc2)cc(-c2nn[n+](-c3ccccc3)[nH]2)c1.[Cl-]. The van der Waals surface area contributed by atoms with Crippen LogP contribution in [-0.4, -0.2) is 20.3 Å². The van der Waals surface area contributed by atoms with Gasteiger partial charge in [-0.05, 0) is 68.8 Å². The number of H-pyrrole nitrogens is 1. The highest BCUT2D eigenvalue weighted by atomic mass is 127. The summed E-state index contributed by atoms with van der Waals surface area (Å²) in [7, 11) is 0. The fourth-order valence-electron chi connectivity index (χ4n) is 2.70. The highest BCUT2D eigenvalue weighted by Crippen LogP contribution is 2.30. The van der Waals surface area contributed by atoms with Gasteiger partial charge in [-0.1, -0.05) is 30.3 Å². The number of benzene rings is 3. The molecule has 1 heterocycles. The zero-order chi connectivity index (χ0) is 18.8. The molecule has 4 aromatic rings. The van der Waals surface area contributed by atoms with Crippen LogP contribution < -0.4 is 17.2 Å². The standard InChI is InChI=1S/C19H12IN5O2.ClH/c20-16-8-6-13(7-9-16)14-10-15(12-18(11-14)25(26)27)19-21-23-24(22-19)17-4-2-1-3-5-17;/h1-12H;1H. The Balaban J connectivity index is 0.00000225. The summed E-state index contributed by atoms with van der Waals surface area (Å²) in [6.07, 6.45) is 0. The topological polar surface area (TPSA) is 88.6 Å². The molecule has 0 saturated heterocycles. The van der Waals surface area contributed by atoms with Gasteiger partial charge in [0.25, 0.3) is 5.69 Å². The van der Waals surface area contributed by atoms with Crippen LogP contribution in [0.3, 0.4) is 0 Å². The summed E-state index contributed by atoms with van der Waals surface area (Å²) in [5.74, 6) is 0.453. The van der Waals surface area contributed by atoms with Crippen LogP contribution in [0.15, 0.2) is 72.8 Å². The van der Waals surface area contributed by atoms with Gasteiger partial charge in [0, 0.05) is 15.7 Å². The minimum Gasteiger partial charge on any atom is -1.00 e. The van der Waals surface area contributed by atoms with Gasteiger partial charge in [0.1, 0.15) is 0 Å². The van der Waals surface area contributed by atoms with Gasteiger partial charge >= 0.3 is 5.82 Å². The molecule has 0 amide bonds. The number of rotatable bonds is 4. The lowest BCUT2D eigenvalue weighted by Crippen LogP contribution is -3.00. The van der Waals surface area contributed by atoms with E-state index >= 15 is 0 Å². The Labute approximate surface area is 180 Å². The molecule has 0 aliphatic heterocycles. The first-order valence-electron chi connectivity index (χ1n) is 8.06. The molecular weight excluding hydrogens is 493 g/mol. The second-order valence-electron chi connectivity index (χ2n) is 5.83. The third-order valence-corrected chi connectivity index (χ3v) is 4.75. The average molecular weight is 506 g/mol. The maximum atomic E-state index is 11.4. The van der Waals surface area contributed by atoms with Crippen molar-refractivity contribution in [2.24, 2.45) is 0 Å². The van der Waals surface area contributed by atoms with E-state index in [1.807, 2.05) is 60.7 Å². The van der Waals surface area contributed by atoms with E-state index in [0.717, 1.165) is 20.4 Å². The fraction of sp³-hybridized carbons (Fsp3) is 0. The molecule has 4 rings (SSSR count). The van der Waals surface area contributed by atoms with Crippen molar-refractivity contribution < 1.29 is 22.1 Å². The number of non-ortho nitro benzene ring substituents is 1. The zero-order valence-corrected chi connectivity index (χ0v) is 17.2. The van der Waals surface area contributed by atoms with Crippen molar-refractivity contribution >= 4 is 28.3 Å². The minimum absolute atomic E-state index is 0. The van der Waals surface area contributed by atoms with Crippen molar-refractivity contribution in [2.75, 3.05) is 0 Å². The third kappa shape index (κ3) is 4.18. The van der Waals surface area contributed by atoms with Gasteiger partial charge in [-0.15, -0.1) is 0 Å². The van der Waals surface area contributed by atoms with Gasteiger partial charge < -0.3 is 12.4 Å². The summed E-state index contributed by atoms with van der Waals surface area (Å²) in [6.45, 7) is 0. The Bertz CT molecular complexity index is 1120. The van der Waals surface area contributed by atoms with Crippen LogP contribution in [0.1, 0.15) is 0 Å². The molecule has 0 bridgehead atoms. The van der Waals surface area contributed by atoms with E-state index < -0.39 is 4.92 Å². The predicted molar refractivity (Wildman–Crippen MR) is 108 cm³/mol. The number of nitrogens with one attached hydrogen (secondary N) is 1. The zero-order valence-electron chi connectivity index (χ0n) is 14.3. The summed E-state index contributed by atoms with van der Waals surface area (Å²) in [4.78, 5) is 12.5. The van der Waals surface area contributed by atoms with Crippen LogP contribution in [0.25, 0.3) is 28.2 Å². The number of para-hydroxylation sites is 1. The molecule has 9 heteroatoms. The molecule has 0 unspecified atom stereocenters. The van der Waals surface area contributed by atoms with Crippen LogP contribution in [0.5, 0.6) is 0 Å². The second kappa shape index (κ2) is 8.44. The molecular formula is C19H13ClIN5O2. The number of hydrogen-bond acceptors (Lipinski definition) is 4. The molecule has 0 spiro atoms. The lowest BCUT2D eigenvalue weighted by atomic mass is 10.0. The highest BCUT2D eigenvalue weighted by molar-refractivity contribution is 14.1. The van der Waals surface area contributed by atoms with Crippen LogP contribution in [-0.2, 0) is 0 Å². The number of halogens is 2. The summed E-state index contributed by atoms with van der Waals surface area (Å²) >= 11 is 2.22. The molecule has 0 fully saturated rings. The monoisotopic (exact) mass is 505 g/mol. The number of aromatic nitrogens is 4. The summed E-state index contributed by atoms with van der Waals surface area (Å²) in [5.41, 5.74) is 3.07. The highest BCUT2D eigenvalue weighted by Gasteiger charge is 2.19. The molecule has 0 saturated carbocycles. The Morgan fingerprint density at radius 3 is 2.29 bits per heavy atom. The number of nitro groups is 1. The van der Waals surface area contributed by atoms with Gasteiger partial charge in [-0.3, -0.25) is 10.1 Å². The van der Waals surface area contributed by atoms with Crippen molar-refractivity contribution in [1.29, 1.82) is 0 Å². The summed E-state index contributed by atoms with van der Waals surface area (Å²) < 4.78 is 1.10. The first kappa shape index (κ1) is 19.9.